The molecule has 5 rings (SSSR count). The lowest BCUT2D eigenvalue weighted by molar-refractivity contribution is -0.512. The molecule has 10 heteroatoms. The normalized spacial score (nSPS) is 41.6. The van der Waals surface area contributed by atoms with E-state index in [1.807, 2.05) is 60.7 Å². The van der Waals surface area contributed by atoms with Gasteiger partial charge in [-0.1, -0.05) is 60.7 Å². The number of methoxy groups -OCH3 is 4. The highest BCUT2D eigenvalue weighted by Crippen LogP contribution is 2.51. The molecular weight excluding hydrogens is 544 g/mol. The maximum atomic E-state index is 6.76. The molecule has 3 fully saturated rings. The molecule has 0 amide bonds. The standard InChI is InChI=1S/C32H44O10/c1-29(33-5)31(3,35-7)41-27-25(39-29)23(37-19-21-15-11-9-12-16-21)24(38-20-22-17-13-10-14-18-22)26-28(27)42-32(4,36-8)30(2,34-6)40-26/h9-18,23-28H,19-20H2,1-8H3/t23-,24-,25-,26-,27+,28+,29+,30+,31+,32+/m1/s1. The number of fused-ring (bicyclic) bond motifs is 3. The zero-order chi connectivity index (χ0) is 30.2. The van der Waals surface area contributed by atoms with Crippen molar-refractivity contribution in [3.05, 3.63) is 71.8 Å². The predicted octanol–water partition coefficient (Wildman–Crippen LogP) is 4.19. The second-order valence-corrected chi connectivity index (χ2v) is 11.5. The molecule has 2 aromatic rings. The van der Waals surface area contributed by atoms with Gasteiger partial charge >= 0.3 is 0 Å². The Morgan fingerprint density at radius 2 is 0.762 bits per heavy atom. The summed E-state index contributed by atoms with van der Waals surface area (Å²) < 4.78 is 63.8. The molecule has 1 aliphatic carbocycles. The van der Waals surface area contributed by atoms with Crippen LogP contribution in [0.2, 0.25) is 0 Å². The van der Waals surface area contributed by atoms with E-state index in [-0.39, 0.29) is 0 Å². The van der Waals surface area contributed by atoms with E-state index in [0.717, 1.165) is 11.1 Å². The van der Waals surface area contributed by atoms with Gasteiger partial charge in [0.1, 0.15) is 36.6 Å². The molecule has 10 atom stereocenters. The number of ether oxygens (including phenoxy) is 10. The van der Waals surface area contributed by atoms with Crippen molar-refractivity contribution in [2.24, 2.45) is 0 Å². The fourth-order valence-electron chi connectivity index (χ4n) is 5.97. The molecule has 0 spiro atoms. The van der Waals surface area contributed by atoms with E-state index < -0.39 is 59.8 Å². The molecule has 232 valence electrons. The highest BCUT2D eigenvalue weighted by atomic mass is 16.8. The van der Waals surface area contributed by atoms with Gasteiger partial charge in [0.05, 0.1) is 13.2 Å². The quantitative estimate of drug-likeness (QED) is 0.402. The summed E-state index contributed by atoms with van der Waals surface area (Å²) in [6, 6.07) is 19.9. The molecule has 2 heterocycles. The molecule has 0 bridgehead atoms. The van der Waals surface area contributed by atoms with Crippen molar-refractivity contribution in [1.29, 1.82) is 0 Å². The van der Waals surface area contributed by atoms with Gasteiger partial charge in [-0.15, -0.1) is 0 Å². The maximum Gasteiger partial charge on any atom is 0.220 e. The molecule has 3 aliphatic rings. The highest BCUT2D eigenvalue weighted by Gasteiger charge is 2.70. The second kappa shape index (κ2) is 12.2. The Labute approximate surface area is 248 Å². The molecule has 42 heavy (non-hydrogen) atoms. The zero-order valence-electron chi connectivity index (χ0n) is 25.7. The smallest absolute Gasteiger partial charge is 0.220 e. The Hall–Kier alpha value is -1.96. The number of hydrogen-bond donors (Lipinski definition) is 0. The number of hydrogen-bond acceptors (Lipinski definition) is 10. The molecular formula is C32H44O10. The second-order valence-electron chi connectivity index (χ2n) is 11.5. The molecule has 2 aliphatic heterocycles. The lowest BCUT2D eigenvalue weighted by Gasteiger charge is -2.62. The molecule has 0 aromatic heterocycles. The van der Waals surface area contributed by atoms with E-state index in [4.69, 9.17) is 47.4 Å². The van der Waals surface area contributed by atoms with Crippen LogP contribution >= 0.6 is 0 Å². The Bertz CT molecular complexity index is 1080. The Morgan fingerprint density at radius 1 is 0.476 bits per heavy atom. The average Bonchev–Trinajstić information content (AvgIpc) is 3.02. The number of benzene rings is 2. The molecule has 10 nitrogen and oxygen atoms in total. The lowest BCUT2D eigenvalue weighted by atomic mass is 9.80. The van der Waals surface area contributed by atoms with E-state index in [9.17, 15) is 0 Å². The van der Waals surface area contributed by atoms with Crippen molar-refractivity contribution in [1.82, 2.24) is 0 Å². The van der Waals surface area contributed by atoms with Gasteiger partial charge in [-0.25, -0.2) is 0 Å². The van der Waals surface area contributed by atoms with Crippen molar-refractivity contribution in [3.63, 3.8) is 0 Å². The van der Waals surface area contributed by atoms with Crippen molar-refractivity contribution >= 4 is 0 Å². The first-order valence-corrected chi connectivity index (χ1v) is 14.3. The Balaban J connectivity index is 1.58. The zero-order valence-corrected chi connectivity index (χ0v) is 25.7. The Kier molecular flexibility index (Phi) is 9.14. The van der Waals surface area contributed by atoms with E-state index in [0.29, 0.717) is 13.2 Å². The predicted molar refractivity (Wildman–Crippen MR) is 151 cm³/mol. The lowest BCUT2D eigenvalue weighted by Crippen LogP contribution is -2.80. The summed E-state index contributed by atoms with van der Waals surface area (Å²) in [6.45, 7) is 7.74. The summed E-state index contributed by atoms with van der Waals surface area (Å²) in [4.78, 5) is 0. The summed E-state index contributed by atoms with van der Waals surface area (Å²) in [7, 11) is 6.22. The topological polar surface area (TPSA) is 92.3 Å². The summed E-state index contributed by atoms with van der Waals surface area (Å²) in [5, 5.41) is 0. The first kappa shape index (κ1) is 31.5. The van der Waals surface area contributed by atoms with Crippen LogP contribution in [0.4, 0.5) is 0 Å². The van der Waals surface area contributed by atoms with Gasteiger partial charge in [0.15, 0.2) is 0 Å². The first-order valence-electron chi connectivity index (χ1n) is 14.3. The summed E-state index contributed by atoms with van der Waals surface area (Å²) in [6.07, 6.45) is -4.13. The summed E-state index contributed by atoms with van der Waals surface area (Å²) in [5.41, 5.74) is 2.00. The van der Waals surface area contributed by atoms with Crippen LogP contribution in [-0.4, -0.2) is 88.2 Å². The largest absolute Gasteiger partial charge is 0.368 e. The van der Waals surface area contributed by atoms with Crippen molar-refractivity contribution in [2.45, 2.75) is 101 Å². The fourth-order valence-corrected chi connectivity index (χ4v) is 5.97. The van der Waals surface area contributed by atoms with E-state index in [2.05, 4.69) is 0 Å². The van der Waals surface area contributed by atoms with Gasteiger partial charge in [0, 0.05) is 28.4 Å². The van der Waals surface area contributed by atoms with E-state index >= 15 is 0 Å². The third-order valence-electron chi connectivity index (χ3n) is 9.17. The van der Waals surface area contributed by atoms with Gasteiger partial charge in [-0.2, -0.15) is 0 Å². The van der Waals surface area contributed by atoms with E-state index in [1.54, 1.807) is 56.1 Å². The number of rotatable bonds is 10. The molecule has 0 radical (unpaired) electrons. The van der Waals surface area contributed by atoms with Gasteiger partial charge in [-0.05, 0) is 38.8 Å². The van der Waals surface area contributed by atoms with Crippen molar-refractivity contribution in [3.8, 4) is 0 Å². The van der Waals surface area contributed by atoms with Crippen LogP contribution in [0.15, 0.2) is 60.7 Å². The van der Waals surface area contributed by atoms with Crippen LogP contribution < -0.4 is 0 Å². The van der Waals surface area contributed by atoms with E-state index in [1.165, 1.54) is 0 Å². The minimum Gasteiger partial charge on any atom is -0.368 e. The minimum atomic E-state index is -1.29. The van der Waals surface area contributed by atoms with Crippen LogP contribution in [-0.2, 0) is 60.6 Å². The van der Waals surface area contributed by atoms with Crippen molar-refractivity contribution < 1.29 is 47.4 Å². The third-order valence-corrected chi connectivity index (χ3v) is 9.17. The molecule has 1 saturated carbocycles. The molecule has 0 N–H and O–H groups in total. The van der Waals surface area contributed by atoms with Gasteiger partial charge in [0.2, 0.25) is 23.1 Å². The fraction of sp³-hybridized carbons (Fsp3) is 0.625. The monoisotopic (exact) mass is 588 g/mol. The van der Waals surface area contributed by atoms with Crippen LogP contribution in [0, 0.1) is 0 Å². The van der Waals surface area contributed by atoms with Gasteiger partial charge in [0.25, 0.3) is 0 Å². The Morgan fingerprint density at radius 3 is 1.05 bits per heavy atom. The first-order chi connectivity index (χ1) is 20.1. The molecule has 2 aromatic carbocycles. The van der Waals surface area contributed by atoms with Gasteiger partial charge in [-0.3, -0.25) is 0 Å². The van der Waals surface area contributed by atoms with Gasteiger partial charge < -0.3 is 47.4 Å². The van der Waals surface area contributed by atoms with Crippen molar-refractivity contribution in [2.75, 3.05) is 28.4 Å². The maximum absolute atomic E-state index is 6.76. The molecule has 2 saturated heterocycles. The highest BCUT2D eigenvalue weighted by molar-refractivity contribution is 5.16. The summed E-state index contributed by atoms with van der Waals surface area (Å²) in [5.74, 6) is -5.14. The molecule has 0 unspecified atom stereocenters. The van der Waals surface area contributed by atoms with Crippen LogP contribution in [0.5, 0.6) is 0 Å². The van der Waals surface area contributed by atoms with Crippen LogP contribution in [0.25, 0.3) is 0 Å². The minimum absolute atomic E-state index is 0.310. The average molecular weight is 589 g/mol. The summed E-state index contributed by atoms with van der Waals surface area (Å²) >= 11 is 0. The van der Waals surface area contributed by atoms with Crippen LogP contribution in [0.1, 0.15) is 38.8 Å². The van der Waals surface area contributed by atoms with Crippen LogP contribution in [0.3, 0.4) is 0 Å². The third kappa shape index (κ3) is 5.43. The SMILES string of the molecule is CO[C@@]1(C)O[C@@H]2[C@H]3O[C@](C)(OC)[C@@](C)(OC)O[C@@H]3[C@H](OCc3ccccc3)[C@@H](OCc3ccccc3)[C@H]2O[C@]1(C)OC.